The summed E-state index contributed by atoms with van der Waals surface area (Å²) in [7, 11) is 0. The largest absolute Gasteiger partial charge is 2.00 e. The van der Waals surface area contributed by atoms with Gasteiger partial charge < -0.3 is 0 Å². The van der Waals surface area contributed by atoms with Crippen LogP contribution in [-0.4, -0.2) is 0 Å². The van der Waals surface area contributed by atoms with Crippen LogP contribution >= 0.6 is 0 Å². The molecular weight excluding hydrogens is 199 g/mol. The van der Waals surface area contributed by atoms with Crippen molar-refractivity contribution in [3.63, 3.8) is 0 Å². The third-order valence-corrected chi connectivity index (χ3v) is 1.55. The summed E-state index contributed by atoms with van der Waals surface area (Å²) >= 11 is 0. The molecule has 0 saturated heterocycles. The SMILES string of the molecule is [Zr+2].c1ccc2[cH-]ccc2c1. The van der Waals surface area contributed by atoms with E-state index in [1.54, 1.807) is 0 Å². The van der Waals surface area contributed by atoms with Crippen molar-refractivity contribution in [2.24, 2.45) is 0 Å². The zero-order valence-electron chi connectivity index (χ0n) is 5.54. The van der Waals surface area contributed by atoms with Crippen LogP contribution in [0.1, 0.15) is 0 Å². The molecule has 0 spiro atoms. The molecule has 0 fully saturated rings. The third-order valence-electron chi connectivity index (χ3n) is 1.55. The van der Waals surface area contributed by atoms with Gasteiger partial charge in [-0.05, 0) is 0 Å². The van der Waals surface area contributed by atoms with E-state index in [1.807, 2.05) is 0 Å². The Labute approximate surface area is 79.4 Å². The van der Waals surface area contributed by atoms with E-state index in [2.05, 4.69) is 42.5 Å². The summed E-state index contributed by atoms with van der Waals surface area (Å²) in [5, 5.41) is 2.66. The summed E-state index contributed by atoms with van der Waals surface area (Å²) in [6, 6.07) is 14.7. The Balaban J connectivity index is 0.000000500. The molecular formula is C9H7Zr+. The second-order valence-electron chi connectivity index (χ2n) is 2.15. The van der Waals surface area contributed by atoms with Crippen LogP contribution in [-0.2, 0) is 26.2 Å². The van der Waals surface area contributed by atoms with Crippen molar-refractivity contribution in [1.82, 2.24) is 0 Å². The number of hydrogen-bond acceptors (Lipinski definition) is 0. The molecule has 0 bridgehead atoms. The zero-order valence-corrected chi connectivity index (χ0v) is 8.00. The molecule has 46 valence electrons. The summed E-state index contributed by atoms with van der Waals surface area (Å²) in [6.45, 7) is 0. The van der Waals surface area contributed by atoms with Crippen LogP contribution in [0.2, 0.25) is 0 Å². The summed E-state index contributed by atoms with van der Waals surface area (Å²) in [5.74, 6) is 0. The van der Waals surface area contributed by atoms with E-state index in [-0.39, 0.29) is 26.2 Å². The normalized spacial score (nSPS) is 9.20. The van der Waals surface area contributed by atoms with Crippen LogP contribution in [0, 0.1) is 0 Å². The maximum absolute atomic E-state index is 2.12. The van der Waals surface area contributed by atoms with Gasteiger partial charge in [0.05, 0.1) is 0 Å². The van der Waals surface area contributed by atoms with E-state index >= 15 is 0 Å². The molecule has 0 N–H and O–H groups in total. The second kappa shape index (κ2) is 3.21. The summed E-state index contributed by atoms with van der Waals surface area (Å²) in [4.78, 5) is 0. The van der Waals surface area contributed by atoms with Gasteiger partial charge in [0.2, 0.25) is 0 Å². The number of hydrogen-bond donors (Lipinski definition) is 0. The van der Waals surface area contributed by atoms with Crippen LogP contribution in [0.15, 0.2) is 42.5 Å². The maximum atomic E-state index is 2.12. The first-order chi connectivity index (χ1) is 4.47. The number of rotatable bonds is 0. The smallest absolute Gasteiger partial charge is 0.168 e. The van der Waals surface area contributed by atoms with Crippen molar-refractivity contribution in [3.05, 3.63) is 42.5 Å². The van der Waals surface area contributed by atoms with Crippen molar-refractivity contribution in [1.29, 1.82) is 0 Å². The molecule has 0 aromatic heterocycles. The van der Waals surface area contributed by atoms with Crippen LogP contribution in [0.4, 0.5) is 0 Å². The second-order valence-corrected chi connectivity index (χ2v) is 2.15. The minimum atomic E-state index is 0. The quantitative estimate of drug-likeness (QED) is 0.581. The Bertz CT molecular complexity index is 279. The maximum Gasteiger partial charge on any atom is 2.00 e. The van der Waals surface area contributed by atoms with Gasteiger partial charge in [-0.15, -0.1) is 29.7 Å². The Kier molecular flexibility index (Phi) is 2.51. The minimum absolute atomic E-state index is 0. The molecule has 0 amide bonds. The first kappa shape index (κ1) is 7.82. The molecule has 0 radical (unpaired) electrons. The van der Waals surface area contributed by atoms with Gasteiger partial charge in [-0.2, -0.15) is 17.5 Å². The molecule has 0 unspecified atom stereocenters. The molecule has 0 saturated carbocycles. The fraction of sp³-hybridized carbons (Fsp3) is 0. The molecule has 0 heterocycles. The number of fused-ring (bicyclic) bond motifs is 1. The molecule has 1 heteroatoms. The molecule has 2 aromatic carbocycles. The first-order valence-electron chi connectivity index (χ1n) is 3.07. The molecule has 0 atom stereocenters. The van der Waals surface area contributed by atoms with Gasteiger partial charge in [-0.25, -0.2) is 0 Å². The van der Waals surface area contributed by atoms with Gasteiger partial charge in [-0.3, -0.25) is 0 Å². The fourth-order valence-electron chi connectivity index (χ4n) is 1.07. The monoisotopic (exact) mass is 205 g/mol. The molecule has 2 rings (SSSR count). The van der Waals surface area contributed by atoms with E-state index in [0.717, 1.165) is 0 Å². The summed E-state index contributed by atoms with van der Waals surface area (Å²) in [6.07, 6.45) is 0. The van der Waals surface area contributed by atoms with Gasteiger partial charge in [0, 0.05) is 0 Å². The van der Waals surface area contributed by atoms with E-state index in [9.17, 15) is 0 Å². The van der Waals surface area contributed by atoms with Gasteiger partial charge in [-0.1, -0.05) is 6.07 Å². The standard InChI is InChI=1S/C9H7.Zr/c1-2-5-9-7-3-6-8(9)4-1;/h1-7H;/q-1;+2. The topological polar surface area (TPSA) is 0 Å². The van der Waals surface area contributed by atoms with E-state index in [0.29, 0.717) is 0 Å². The van der Waals surface area contributed by atoms with Crippen molar-refractivity contribution in [3.8, 4) is 0 Å². The molecule has 0 aliphatic rings. The number of benzene rings is 1. The Hall–Kier alpha value is -0.287. The van der Waals surface area contributed by atoms with Crippen LogP contribution in [0.25, 0.3) is 10.8 Å². The predicted octanol–water partition coefficient (Wildman–Crippen LogP) is 2.56. The molecule has 10 heavy (non-hydrogen) atoms. The Morgan fingerprint density at radius 3 is 2.60 bits per heavy atom. The third kappa shape index (κ3) is 1.24. The van der Waals surface area contributed by atoms with Crippen molar-refractivity contribution < 1.29 is 26.2 Å². The first-order valence-corrected chi connectivity index (χ1v) is 3.07. The van der Waals surface area contributed by atoms with Gasteiger partial charge in [0.15, 0.2) is 0 Å². The van der Waals surface area contributed by atoms with E-state index in [4.69, 9.17) is 0 Å². The average Bonchev–Trinajstić information content (AvgIpc) is 2.33. The fourth-order valence-corrected chi connectivity index (χ4v) is 1.07. The Morgan fingerprint density at radius 1 is 1.00 bits per heavy atom. The van der Waals surface area contributed by atoms with Gasteiger partial charge in [0.1, 0.15) is 0 Å². The Morgan fingerprint density at radius 2 is 1.80 bits per heavy atom. The van der Waals surface area contributed by atoms with Crippen molar-refractivity contribution in [2.75, 3.05) is 0 Å². The molecule has 2 aromatic rings. The predicted molar refractivity (Wildman–Crippen MR) is 39.5 cm³/mol. The van der Waals surface area contributed by atoms with Crippen molar-refractivity contribution >= 4 is 10.8 Å². The van der Waals surface area contributed by atoms with Crippen LogP contribution < -0.4 is 0 Å². The summed E-state index contributed by atoms with van der Waals surface area (Å²) in [5.41, 5.74) is 0. The van der Waals surface area contributed by atoms with E-state index < -0.39 is 0 Å². The zero-order chi connectivity index (χ0) is 6.10. The molecule has 0 aliphatic carbocycles. The molecule has 0 nitrogen and oxygen atoms in total. The summed E-state index contributed by atoms with van der Waals surface area (Å²) < 4.78 is 0. The van der Waals surface area contributed by atoms with Crippen molar-refractivity contribution in [2.45, 2.75) is 0 Å². The minimum Gasteiger partial charge on any atom is -0.168 e. The van der Waals surface area contributed by atoms with E-state index in [1.165, 1.54) is 10.8 Å². The van der Waals surface area contributed by atoms with Gasteiger partial charge >= 0.3 is 26.2 Å². The van der Waals surface area contributed by atoms with Crippen LogP contribution in [0.5, 0.6) is 0 Å². The van der Waals surface area contributed by atoms with Gasteiger partial charge in [0.25, 0.3) is 0 Å². The van der Waals surface area contributed by atoms with Crippen LogP contribution in [0.3, 0.4) is 0 Å². The molecule has 0 aliphatic heterocycles. The average molecular weight is 206 g/mol.